The second kappa shape index (κ2) is 6.11. The fraction of sp³-hybridized carbons (Fsp3) is 0.952. The first-order valence-corrected chi connectivity index (χ1v) is 27.4. The molecule has 0 amide bonds. The summed E-state index contributed by atoms with van der Waals surface area (Å²) in [5.41, 5.74) is 0. The SMILES string of the molecule is CCCCCCCCCCCCCCCC(=O)[C]12[CH]3[CH]4[CH]5[CH]1[Fe]45321678[CH]2[CH]1[CH]6[C]7(C(=O)CCCCCCCCCCCCCCC)[CH]28. The molecule has 0 bridgehead atoms. The zero-order valence-electron chi connectivity index (χ0n) is 29.6. The van der Waals surface area contributed by atoms with Gasteiger partial charge < -0.3 is 0 Å². The molecule has 0 aromatic carbocycles. The number of hydrogen-bond acceptors (Lipinski definition) is 2. The summed E-state index contributed by atoms with van der Waals surface area (Å²) in [6.07, 6.45) is 37.6. The Morgan fingerprint density at radius 2 is 0.600 bits per heavy atom. The Hall–Kier alpha value is -0.141. The fourth-order valence-corrected chi connectivity index (χ4v) is 99.1. The number of fused-ring (bicyclic) bond motifs is 10. The maximum atomic E-state index is 14.3. The topological polar surface area (TPSA) is 34.1 Å². The molecule has 2 nitrogen and oxygen atoms in total. The molecule has 10 aliphatic rings. The Bertz CT molecular complexity index is 1430. The van der Waals surface area contributed by atoms with E-state index in [2.05, 4.69) is 13.8 Å². The van der Waals surface area contributed by atoms with Gasteiger partial charge >= 0.3 is 203 Å². The summed E-state index contributed by atoms with van der Waals surface area (Å²) in [6, 6.07) is 0. The van der Waals surface area contributed by atoms with Gasteiger partial charge in [-0.05, 0) is 0 Å². The van der Waals surface area contributed by atoms with Gasteiger partial charge in [0.2, 0.25) is 0 Å². The number of carbonyl (C=O) groups is 2. The number of ketones is 2. The van der Waals surface area contributed by atoms with E-state index in [0.717, 1.165) is 75.8 Å². The van der Waals surface area contributed by atoms with Crippen molar-refractivity contribution in [3.05, 3.63) is 0 Å². The van der Waals surface area contributed by atoms with Crippen LogP contribution < -0.4 is 0 Å². The summed E-state index contributed by atoms with van der Waals surface area (Å²) in [5, 5.41) is 0. The van der Waals surface area contributed by atoms with E-state index in [1.807, 2.05) is 0 Å². The number of unbranched alkanes of at least 4 members (excludes halogenated alkanes) is 24. The second-order valence-corrected chi connectivity index (χ2v) is 43.8. The summed E-state index contributed by atoms with van der Waals surface area (Å²) < 4.78 is 0.522. The molecule has 45 heavy (non-hydrogen) atoms. The summed E-state index contributed by atoms with van der Waals surface area (Å²) in [7, 11) is 0. The maximum absolute atomic E-state index is 14.3. The van der Waals surface area contributed by atoms with E-state index in [1.54, 1.807) is 0 Å². The predicted molar refractivity (Wildman–Crippen MR) is 186 cm³/mol. The minimum atomic E-state index is -3.94. The molecule has 10 fully saturated rings. The van der Waals surface area contributed by atoms with Crippen LogP contribution in [0.25, 0.3) is 0 Å². The van der Waals surface area contributed by atoms with Crippen LogP contribution in [0.5, 0.6) is 0 Å². The van der Waals surface area contributed by atoms with Gasteiger partial charge in [-0.3, -0.25) is 0 Å². The molecular weight excluding hydrogens is 592 g/mol. The predicted octanol–water partition coefficient (Wildman–Crippen LogP) is 14.2. The third-order valence-corrected chi connectivity index (χ3v) is 65.4. The van der Waals surface area contributed by atoms with Crippen molar-refractivity contribution < 1.29 is 16.1 Å². The molecule has 0 radical (unpaired) electrons. The first-order valence-electron chi connectivity index (χ1n) is 21.2. The van der Waals surface area contributed by atoms with Crippen LogP contribution in [0.15, 0.2) is 0 Å². The normalized spacial score (nSPS) is 54.0. The molecule has 8 atom stereocenters. The molecule has 8 unspecified atom stereocenters. The molecule has 10 rings (SSSR count). The van der Waals surface area contributed by atoms with E-state index >= 15 is 0 Å². The van der Waals surface area contributed by atoms with Crippen molar-refractivity contribution in [2.75, 3.05) is 0 Å². The molecule has 0 aromatic heterocycles. The molecule has 0 aromatic rings. The average molecular weight is 663 g/mol. The van der Waals surface area contributed by atoms with Crippen molar-refractivity contribution in [1.29, 1.82) is 0 Å². The Labute approximate surface area is 267 Å². The average Bonchev–Trinajstić information content (AvgIpc) is 3.99. The zero-order valence-corrected chi connectivity index (χ0v) is 30.7. The van der Waals surface area contributed by atoms with Crippen LogP contribution in [0, 0.1) is 0 Å². The van der Waals surface area contributed by atoms with E-state index in [9.17, 15) is 9.59 Å². The van der Waals surface area contributed by atoms with Crippen molar-refractivity contribution in [2.45, 2.75) is 241 Å². The molecule has 0 aliphatic carbocycles. The molecular formula is C42H70FeO2. The van der Waals surface area contributed by atoms with Gasteiger partial charge in [0.15, 0.2) is 0 Å². The number of rotatable bonds is 30. The molecule has 10 saturated heterocycles. The molecule has 1 spiro atoms. The Morgan fingerprint density at radius 3 is 0.822 bits per heavy atom. The van der Waals surface area contributed by atoms with Gasteiger partial charge in [-0.1, -0.05) is 65.2 Å². The number of carbonyl (C=O) groups excluding carboxylic acids is 2. The van der Waals surface area contributed by atoms with E-state index < -0.39 is 6.51 Å². The van der Waals surface area contributed by atoms with Crippen LogP contribution in [-0.2, 0) is 16.1 Å². The van der Waals surface area contributed by atoms with E-state index in [-0.39, 0.29) is 8.63 Å². The van der Waals surface area contributed by atoms with Gasteiger partial charge in [0.1, 0.15) is 0 Å². The van der Waals surface area contributed by atoms with Gasteiger partial charge in [-0.2, -0.15) is 0 Å². The van der Waals surface area contributed by atoms with Crippen LogP contribution in [-0.4, -0.2) is 11.6 Å². The molecule has 258 valence electrons. The van der Waals surface area contributed by atoms with Gasteiger partial charge in [-0.25, -0.2) is 0 Å². The van der Waals surface area contributed by atoms with Crippen molar-refractivity contribution in [3.63, 3.8) is 0 Å². The Morgan fingerprint density at radius 1 is 0.378 bits per heavy atom. The van der Waals surface area contributed by atoms with Crippen LogP contribution >= 0.6 is 0 Å². The van der Waals surface area contributed by atoms with Gasteiger partial charge in [0, 0.05) is 0 Å². The van der Waals surface area contributed by atoms with Crippen molar-refractivity contribution in [3.8, 4) is 0 Å². The van der Waals surface area contributed by atoms with E-state index in [4.69, 9.17) is 0 Å². The third kappa shape index (κ3) is 1.07. The summed E-state index contributed by atoms with van der Waals surface area (Å²) in [5.74, 6) is 1.57. The van der Waals surface area contributed by atoms with Crippen LogP contribution in [0.3, 0.4) is 0 Å². The number of Topliss-reactive ketones (excluding diaryl/α,β-unsaturated/α-hetero) is 2. The van der Waals surface area contributed by atoms with Crippen LogP contribution in [0.1, 0.15) is 194 Å². The molecule has 0 saturated carbocycles. The van der Waals surface area contributed by atoms with Crippen LogP contribution in [0.4, 0.5) is 0 Å². The van der Waals surface area contributed by atoms with Gasteiger partial charge in [-0.15, -0.1) is 0 Å². The molecule has 10 heterocycles. The number of hydrogen-bond donors (Lipinski definition) is 0. The molecule has 10 aliphatic heterocycles. The van der Waals surface area contributed by atoms with Crippen molar-refractivity contribution in [2.24, 2.45) is 0 Å². The van der Waals surface area contributed by atoms with E-state index in [0.29, 0.717) is 0 Å². The van der Waals surface area contributed by atoms with Gasteiger partial charge in [0.05, 0.1) is 0 Å². The Balaban J connectivity index is 0.650. The minimum absolute atomic E-state index is 0.261. The van der Waals surface area contributed by atoms with Crippen LogP contribution in [0.2, 0.25) is 47.2 Å². The van der Waals surface area contributed by atoms with Crippen molar-refractivity contribution >= 4 is 11.6 Å². The van der Waals surface area contributed by atoms with E-state index in [1.165, 1.54) is 154 Å². The first-order chi connectivity index (χ1) is 21.9. The zero-order chi connectivity index (χ0) is 30.9. The molecule has 3 heteroatoms. The standard InChI is InChI=1S/2C21H35O.Fe/c2*1-2-3-4-5-6-7-8-9-10-11-12-13-14-19-21(22)20-17-15-16-18-20;/h2*15-18H,2-14,19H2,1H3;. The molecule has 0 N–H and O–H groups in total. The summed E-state index contributed by atoms with van der Waals surface area (Å²) >= 11 is 0. The summed E-state index contributed by atoms with van der Waals surface area (Å²) in [4.78, 5) is 36.4. The fourth-order valence-electron chi connectivity index (χ4n) is 23.1. The van der Waals surface area contributed by atoms with Gasteiger partial charge in [0.25, 0.3) is 0 Å². The monoisotopic (exact) mass is 662 g/mol. The Kier molecular flexibility index (Phi) is 4.04. The first kappa shape index (κ1) is 29.7. The third-order valence-electron chi connectivity index (χ3n) is 22.7. The summed E-state index contributed by atoms with van der Waals surface area (Å²) in [6.45, 7) is 0.660. The second-order valence-electron chi connectivity index (χ2n) is 20.6. The van der Waals surface area contributed by atoms with Crippen molar-refractivity contribution in [1.82, 2.24) is 0 Å². The quantitative estimate of drug-likeness (QED) is 0.0567.